The lowest BCUT2D eigenvalue weighted by Gasteiger charge is -2.32. The Hall–Kier alpha value is -0.120. The fourth-order valence-corrected chi connectivity index (χ4v) is 2.50. The number of unbranched alkanes of at least 4 members (excludes halogenated alkanes) is 2. The van der Waals surface area contributed by atoms with Crippen molar-refractivity contribution < 1.29 is 4.74 Å². The number of likely N-dealkylation sites (tertiary alicyclic amines) is 1. The summed E-state index contributed by atoms with van der Waals surface area (Å²) in [6.07, 6.45) is 8.14. The summed E-state index contributed by atoms with van der Waals surface area (Å²) >= 11 is 0. The molecule has 0 aliphatic carbocycles. The summed E-state index contributed by atoms with van der Waals surface area (Å²) in [4.78, 5) is 2.55. The lowest BCUT2D eigenvalue weighted by atomic mass is 10.1. The highest BCUT2D eigenvalue weighted by molar-refractivity contribution is 4.73. The molecule has 1 heterocycles. The molecule has 0 radical (unpaired) electrons. The van der Waals surface area contributed by atoms with Crippen molar-refractivity contribution in [1.29, 1.82) is 0 Å². The molecule has 1 N–H and O–H groups in total. The maximum Gasteiger partial charge on any atom is 0.0702 e. The van der Waals surface area contributed by atoms with E-state index in [1.807, 2.05) is 0 Å². The van der Waals surface area contributed by atoms with Crippen molar-refractivity contribution in [3.05, 3.63) is 0 Å². The fraction of sp³-hybridized carbons (Fsp3) is 1.00. The third kappa shape index (κ3) is 7.34. The second-order valence-corrected chi connectivity index (χ2v) is 5.39. The predicted octanol–water partition coefficient (Wildman–Crippen LogP) is 2.66. The Morgan fingerprint density at radius 3 is 2.83 bits per heavy atom. The second-order valence-electron chi connectivity index (χ2n) is 5.39. The zero-order valence-corrected chi connectivity index (χ0v) is 12.4. The van der Waals surface area contributed by atoms with Crippen LogP contribution < -0.4 is 5.32 Å². The average molecular weight is 256 g/mol. The average Bonchev–Trinajstić information content (AvgIpc) is 2.41. The van der Waals surface area contributed by atoms with E-state index < -0.39 is 0 Å². The van der Waals surface area contributed by atoms with Gasteiger partial charge >= 0.3 is 0 Å². The molecule has 0 bridgehead atoms. The quantitative estimate of drug-likeness (QED) is 0.608. The zero-order chi connectivity index (χ0) is 13.1. The van der Waals surface area contributed by atoms with Crippen molar-refractivity contribution in [2.45, 2.75) is 58.5 Å². The van der Waals surface area contributed by atoms with Crippen LogP contribution in [0.3, 0.4) is 0 Å². The minimum atomic E-state index is 0.485. The highest BCUT2D eigenvalue weighted by Gasteiger charge is 2.19. The molecule has 3 heteroatoms. The van der Waals surface area contributed by atoms with Crippen molar-refractivity contribution in [2.75, 3.05) is 39.3 Å². The van der Waals surface area contributed by atoms with Crippen LogP contribution in [0.25, 0.3) is 0 Å². The van der Waals surface area contributed by atoms with Gasteiger partial charge < -0.3 is 10.1 Å². The van der Waals surface area contributed by atoms with Crippen molar-refractivity contribution in [1.82, 2.24) is 10.2 Å². The Morgan fingerprint density at radius 2 is 2.06 bits per heavy atom. The number of piperidine rings is 1. The molecule has 1 atom stereocenters. The molecule has 0 aromatic rings. The van der Waals surface area contributed by atoms with E-state index in [0.717, 1.165) is 26.1 Å². The van der Waals surface area contributed by atoms with E-state index in [9.17, 15) is 0 Å². The monoisotopic (exact) mass is 256 g/mol. The first-order valence-electron chi connectivity index (χ1n) is 7.91. The normalized spacial score (nSPS) is 21.3. The molecule has 1 saturated heterocycles. The van der Waals surface area contributed by atoms with Crippen molar-refractivity contribution in [3.63, 3.8) is 0 Å². The minimum Gasteiger partial charge on any atom is -0.377 e. The van der Waals surface area contributed by atoms with Gasteiger partial charge in [-0.25, -0.2) is 0 Å². The van der Waals surface area contributed by atoms with Gasteiger partial charge in [-0.1, -0.05) is 26.7 Å². The minimum absolute atomic E-state index is 0.485. The summed E-state index contributed by atoms with van der Waals surface area (Å²) < 4.78 is 5.86. The molecule has 3 nitrogen and oxygen atoms in total. The molecule has 0 saturated carbocycles. The van der Waals surface area contributed by atoms with Gasteiger partial charge in [-0.2, -0.15) is 0 Å². The highest BCUT2D eigenvalue weighted by atomic mass is 16.5. The number of rotatable bonds is 10. The summed E-state index contributed by atoms with van der Waals surface area (Å²) in [7, 11) is 0. The predicted molar refractivity (Wildman–Crippen MR) is 78.1 cm³/mol. The largest absolute Gasteiger partial charge is 0.377 e. The molecule has 1 unspecified atom stereocenters. The van der Waals surface area contributed by atoms with E-state index in [0.29, 0.717) is 6.10 Å². The summed E-state index contributed by atoms with van der Waals surface area (Å²) in [5.41, 5.74) is 0. The van der Waals surface area contributed by atoms with Gasteiger partial charge in [0.15, 0.2) is 0 Å². The number of ether oxygens (including phenoxy) is 1. The zero-order valence-electron chi connectivity index (χ0n) is 12.4. The SMILES string of the molecule is CCCCCNCCN1CCCC(OCCC)C1. The molecule has 0 spiro atoms. The van der Waals surface area contributed by atoms with Crippen LogP contribution in [0.15, 0.2) is 0 Å². The molecule has 0 aromatic carbocycles. The maximum absolute atomic E-state index is 5.86. The first-order valence-corrected chi connectivity index (χ1v) is 7.91. The van der Waals surface area contributed by atoms with Gasteiger partial charge in [0.1, 0.15) is 0 Å². The van der Waals surface area contributed by atoms with Crippen LogP contribution in [-0.2, 0) is 4.74 Å². The topological polar surface area (TPSA) is 24.5 Å². The molecule has 1 fully saturated rings. The molecular weight excluding hydrogens is 224 g/mol. The van der Waals surface area contributed by atoms with Crippen molar-refractivity contribution in [3.8, 4) is 0 Å². The lowest BCUT2D eigenvalue weighted by Crippen LogP contribution is -2.42. The summed E-state index contributed by atoms with van der Waals surface area (Å²) in [6.45, 7) is 11.2. The molecular formula is C15H32N2O. The van der Waals surface area contributed by atoms with Gasteiger partial charge in [0.25, 0.3) is 0 Å². The van der Waals surface area contributed by atoms with E-state index in [4.69, 9.17) is 4.74 Å². The van der Waals surface area contributed by atoms with Gasteiger partial charge in [-0.3, -0.25) is 4.90 Å². The molecule has 1 aliphatic rings. The fourth-order valence-electron chi connectivity index (χ4n) is 2.50. The van der Waals surface area contributed by atoms with Crippen LogP contribution in [0.4, 0.5) is 0 Å². The Balaban J connectivity index is 2.00. The van der Waals surface area contributed by atoms with Gasteiger partial charge in [-0.05, 0) is 38.8 Å². The molecule has 18 heavy (non-hydrogen) atoms. The number of hydrogen-bond donors (Lipinski definition) is 1. The Kier molecular flexibility index (Phi) is 9.54. The van der Waals surface area contributed by atoms with Crippen LogP contribution in [0, 0.1) is 0 Å². The van der Waals surface area contributed by atoms with Crippen molar-refractivity contribution >= 4 is 0 Å². The third-order valence-corrected chi connectivity index (χ3v) is 3.58. The van der Waals surface area contributed by atoms with Crippen LogP contribution in [0.5, 0.6) is 0 Å². The lowest BCUT2D eigenvalue weighted by molar-refractivity contribution is 0.000379. The van der Waals surface area contributed by atoms with Gasteiger partial charge in [-0.15, -0.1) is 0 Å². The Bertz CT molecular complexity index is 187. The molecule has 0 aromatic heterocycles. The molecule has 0 amide bonds. The number of nitrogens with one attached hydrogen (secondary N) is 1. The van der Waals surface area contributed by atoms with Gasteiger partial charge in [0, 0.05) is 26.2 Å². The summed E-state index contributed by atoms with van der Waals surface area (Å²) in [6, 6.07) is 0. The van der Waals surface area contributed by atoms with Crippen LogP contribution in [0.1, 0.15) is 52.4 Å². The van der Waals surface area contributed by atoms with Crippen LogP contribution in [0.2, 0.25) is 0 Å². The molecule has 1 aliphatic heterocycles. The second kappa shape index (κ2) is 10.8. The standard InChI is InChI=1S/C15H32N2O/c1-3-5-6-9-16-10-12-17-11-7-8-15(14-17)18-13-4-2/h15-16H,3-14H2,1-2H3. The number of hydrogen-bond acceptors (Lipinski definition) is 3. The van der Waals surface area contributed by atoms with Gasteiger partial charge in [0.2, 0.25) is 0 Å². The first-order chi connectivity index (χ1) is 8.86. The Morgan fingerprint density at radius 1 is 1.17 bits per heavy atom. The number of nitrogens with zero attached hydrogens (tertiary/aromatic N) is 1. The van der Waals surface area contributed by atoms with E-state index in [-0.39, 0.29) is 0 Å². The summed E-state index contributed by atoms with van der Waals surface area (Å²) in [5, 5.41) is 3.54. The van der Waals surface area contributed by atoms with E-state index >= 15 is 0 Å². The van der Waals surface area contributed by atoms with E-state index in [1.54, 1.807) is 0 Å². The van der Waals surface area contributed by atoms with E-state index in [1.165, 1.54) is 51.7 Å². The molecule has 108 valence electrons. The van der Waals surface area contributed by atoms with Crippen molar-refractivity contribution in [2.24, 2.45) is 0 Å². The summed E-state index contributed by atoms with van der Waals surface area (Å²) in [5.74, 6) is 0. The molecule has 1 rings (SSSR count). The first kappa shape index (κ1) is 15.9. The Labute approximate surface area is 113 Å². The highest BCUT2D eigenvalue weighted by Crippen LogP contribution is 2.12. The maximum atomic E-state index is 5.86. The van der Waals surface area contributed by atoms with Crippen LogP contribution in [-0.4, -0.2) is 50.3 Å². The third-order valence-electron chi connectivity index (χ3n) is 3.58. The smallest absolute Gasteiger partial charge is 0.0702 e. The van der Waals surface area contributed by atoms with E-state index in [2.05, 4.69) is 24.1 Å². The van der Waals surface area contributed by atoms with Crippen LogP contribution >= 0.6 is 0 Å². The van der Waals surface area contributed by atoms with Gasteiger partial charge in [0.05, 0.1) is 6.10 Å².